The molecule has 0 spiro atoms. The van der Waals surface area contributed by atoms with Crippen molar-refractivity contribution in [3.05, 3.63) is 91.0 Å². The summed E-state index contributed by atoms with van der Waals surface area (Å²) in [5.74, 6) is 0.574. The molecule has 0 radical (unpaired) electrons. The molecule has 3 rings (SSSR count). The second kappa shape index (κ2) is 11.2. The first-order valence-electron chi connectivity index (χ1n) is 10.1. The Bertz CT molecular complexity index is 1240. The molecule has 3 aromatic carbocycles. The number of carbonyl (C=O) groups excluding carboxylic acids is 1. The lowest BCUT2D eigenvalue weighted by atomic mass is 10.1. The molecule has 5 nitrogen and oxygen atoms in total. The number of nitriles is 1. The van der Waals surface area contributed by atoms with Crippen molar-refractivity contribution in [1.29, 1.82) is 5.26 Å². The number of amides is 1. The number of carbonyl (C=O) groups is 1. The van der Waals surface area contributed by atoms with Crippen LogP contribution in [0, 0.1) is 28.7 Å². The molecule has 1 N–H and O–H groups in total. The number of rotatable bonds is 7. The smallest absolute Gasteiger partial charge is 0.266 e. The highest BCUT2D eigenvalue weighted by Gasteiger charge is 2.15. The van der Waals surface area contributed by atoms with Gasteiger partial charge >= 0.3 is 0 Å². The molecule has 0 fully saturated rings. The van der Waals surface area contributed by atoms with Gasteiger partial charge in [0.2, 0.25) is 0 Å². The molecule has 33 heavy (non-hydrogen) atoms. The third kappa shape index (κ3) is 6.50. The lowest BCUT2D eigenvalue weighted by Crippen LogP contribution is -2.13. The number of methoxy groups -OCH3 is 1. The topological polar surface area (TPSA) is 71.3 Å². The van der Waals surface area contributed by atoms with Crippen molar-refractivity contribution in [3.8, 4) is 17.6 Å². The van der Waals surface area contributed by atoms with Crippen molar-refractivity contribution in [2.75, 3.05) is 12.4 Å². The van der Waals surface area contributed by atoms with Crippen LogP contribution >= 0.6 is 34.2 Å². The summed E-state index contributed by atoms with van der Waals surface area (Å²) in [5, 5.41) is 12.6. The van der Waals surface area contributed by atoms with Crippen molar-refractivity contribution in [2.24, 2.45) is 0 Å². The van der Waals surface area contributed by atoms with Gasteiger partial charge in [0.1, 0.15) is 18.2 Å². The van der Waals surface area contributed by atoms with Crippen molar-refractivity contribution < 1.29 is 14.3 Å². The van der Waals surface area contributed by atoms with E-state index in [1.54, 1.807) is 37.4 Å². The van der Waals surface area contributed by atoms with Gasteiger partial charge in [0, 0.05) is 0 Å². The number of para-hydroxylation sites is 1. The fraction of sp³-hybridized carbons (Fsp3) is 0.154. The Morgan fingerprint density at radius 1 is 1.15 bits per heavy atom. The van der Waals surface area contributed by atoms with Crippen LogP contribution in [0.5, 0.6) is 11.5 Å². The van der Waals surface area contributed by atoms with Gasteiger partial charge in [0.15, 0.2) is 11.5 Å². The number of nitrogens with zero attached hydrogens (tertiary/aromatic N) is 1. The second-order valence-electron chi connectivity index (χ2n) is 7.42. The highest BCUT2D eigenvalue weighted by atomic mass is 127. The Morgan fingerprint density at radius 3 is 2.48 bits per heavy atom. The summed E-state index contributed by atoms with van der Waals surface area (Å²) in [6.45, 7) is 4.50. The second-order valence-corrected chi connectivity index (χ2v) is 8.99. The van der Waals surface area contributed by atoms with Gasteiger partial charge in [-0.25, -0.2) is 0 Å². The van der Waals surface area contributed by atoms with E-state index in [4.69, 9.17) is 21.1 Å². The summed E-state index contributed by atoms with van der Waals surface area (Å²) in [6, 6.07) is 18.6. The molecule has 0 bridgehead atoms. The summed E-state index contributed by atoms with van der Waals surface area (Å²) in [4.78, 5) is 12.6. The van der Waals surface area contributed by atoms with Gasteiger partial charge in [0.05, 0.1) is 21.4 Å². The van der Waals surface area contributed by atoms with Crippen LogP contribution in [0.25, 0.3) is 6.08 Å². The third-order valence-electron chi connectivity index (χ3n) is 4.71. The zero-order valence-corrected chi connectivity index (χ0v) is 21.3. The summed E-state index contributed by atoms with van der Waals surface area (Å²) in [7, 11) is 1.55. The highest BCUT2D eigenvalue weighted by Crippen LogP contribution is 2.35. The minimum atomic E-state index is -0.547. The molecule has 0 saturated heterocycles. The van der Waals surface area contributed by atoms with Gasteiger partial charge in [0.25, 0.3) is 5.91 Å². The maximum atomic E-state index is 12.6. The first-order chi connectivity index (χ1) is 15.8. The molecule has 3 aromatic rings. The van der Waals surface area contributed by atoms with Gasteiger partial charge in [-0.15, -0.1) is 0 Å². The van der Waals surface area contributed by atoms with Crippen LogP contribution in [0.2, 0.25) is 5.02 Å². The normalized spacial score (nSPS) is 11.0. The van der Waals surface area contributed by atoms with Gasteiger partial charge in [-0.2, -0.15) is 5.26 Å². The Hall–Kier alpha value is -3.02. The zero-order valence-electron chi connectivity index (χ0n) is 18.4. The maximum absolute atomic E-state index is 12.6. The molecule has 0 aliphatic heterocycles. The third-order valence-corrected chi connectivity index (χ3v) is 5.85. The van der Waals surface area contributed by atoms with E-state index in [-0.39, 0.29) is 5.57 Å². The molecule has 0 saturated carbocycles. The standard InChI is InChI=1S/C26H22ClIN2O3/c1-16-8-17(2)10-19(9-16)15-33-25-22(28)12-18(13-24(25)32-3)11-20(14-29)26(31)30-23-7-5-4-6-21(23)27/h4-13H,15H2,1-3H3,(H,30,31)/b20-11+. The van der Waals surface area contributed by atoms with Crippen molar-refractivity contribution in [3.63, 3.8) is 0 Å². The maximum Gasteiger partial charge on any atom is 0.266 e. The number of halogens is 2. The van der Waals surface area contributed by atoms with Crippen LogP contribution in [-0.2, 0) is 11.4 Å². The van der Waals surface area contributed by atoms with Gasteiger partial charge in [-0.1, -0.05) is 53.1 Å². The summed E-state index contributed by atoms with van der Waals surface area (Å²) in [6.07, 6.45) is 1.50. The van der Waals surface area contributed by atoms with E-state index in [1.807, 2.05) is 12.1 Å². The van der Waals surface area contributed by atoms with Crippen LogP contribution in [-0.4, -0.2) is 13.0 Å². The van der Waals surface area contributed by atoms with Crippen molar-refractivity contribution in [2.45, 2.75) is 20.5 Å². The Labute approximate surface area is 212 Å². The average molecular weight is 573 g/mol. The van der Waals surface area contributed by atoms with Gasteiger partial charge in [-0.05, 0) is 77.9 Å². The fourth-order valence-electron chi connectivity index (χ4n) is 3.34. The largest absolute Gasteiger partial charge is 0.493 e. The molecule has 1 amide bonds. The summed E-state index contributed by atoms with van der Waals surface area (Å²) < 4.78 is 12.4. The minimum Gasteiger partial charge on any atom is -0.493 e. The molecular weight excluding hydrogens is 551 g/mol. The first kappa shape index (κ1) is 24.6. The lowest BCUT2D eigenvalue weighted by Gasteiger charge is -2.14. The van der Waals surface area contributed by atoms with Gasteiger partial charge < -0.3 is 14.8 Å². The Kier molecular flexibility index (Phi) is 8.37. The average Bonchev–Trinajstić information content (AvgIpc) is 2.77. The molecule has 7 heteroatoms. The number of nitrogens with one attached hydrogen (secondary N) is 1. The molecule has 0 unspecified atom stereocenters. The number of aryl methyl sites for hydroxylation is 2. The molecule has 0 aliphatic carbocycles. The summed E-state index contributed by atoms with van der Waals surface area (Å²) in [5.41, 5.74) is 4.44. The van der Waals surface area contributed by atoms with E-state index >= 15 is 0 Å². The fourth-order valence-corrected chi connectivity index (χ4v) is 4.30. The number of hydrogen-bond donors (Lipinski definition) is 1. The molecule has 0 aliphatic rings. The van der Waals surface area contributed by atoms with E-state index in [0.29, 0.717) is 34.4 Å². The molecule has 0 aromatic heterocycles. The van der Waals surface area contributed by atoms with Crippen LogP contribution in [0.1, 0.15) is 22.3 Å². The lowest BCUT2D eigenvalue weighted by molar-refractivity contribution is -0.112. The number of benzene rings is 3. The van der Waals surface area contributed by atoms with Crippen molar-refractivity contribution >= 4 is 51.9 Å². The number of hydrogen-bond acceptors (Lipinski definition) is 4. The van der Waals surface area contributed by atoms with Crippen molar-refractivity contribution in [1.82, 2.24) is 0 Å². The van der Waals surface area contributed by atoms with Gasteiger partial charge in [-0.3, -0.25) is 4.79 Å². The van der Waals surface area contributed by atoms with Crippen LogP contribution < -0.4 is 14.8 Å². The van der Waals surface area contributed by atoms with E-state index in [1.165, 1.54) is 17.2 Å². The zero-order chi connectivity index (χ0) is 24.0. The SMILES string of the molecule is COc1cc(/C=C(\C#N)C(=O)Nc2ccccc2Cl)cc(I)c1OCc1cc(C)cc(C)c1. The predicted molar refractivity (Wildman–Crippen MR) is 140 cm³/mol. The van der Waals surface area contributed by atoms with E-state index in [0.717, 1.165) is 9.13 Å². The van der Waals surface area contributed by atoms with E-state index in [9.17, 15) is 10.1 Å². The van der Waals surface area contributed by atoms with E-state index < -0.39 is 5.91 Å². The van der Waals surface area contributed by atoms with E-state index in [2.05, 4.69) is 60.0 Å². The minimum absolute atomic E-state index is 0.0586. The quantitative estimate of drug-likeness (QED) is 0.194. The summed E-state index contributed by atoms with van der Waals surface area (Å²) >= 11 is 8.25. The molecule has 0 heterocycles. The Morgan fingerprint density at radius 2 is 1.85 bits per heavy atom. The first-order valence-corrected chi connectivity index (χ1v) is 11.5. The number of ether oxygens (including phenoxy) is 2. The predicted octanol–water partition coefficient (Wildman–Crippen LogP) is 6.69. The molecular formula is C26H22ClIN2O3. The van der Waals surface area contributed by atoms with Crippen LogP contribution in [0.4, 0.5) is 5.69 Å². The number of anilines is 1. The highest BCUT2D eigenvalue weighted by molar-refractivity contribution is 14.1. The molecule has 168 valence electrons. The monoisotopic (exact) mass is 572 g/mol. The Balaban J connectivity index is 1.84. The molecule has 0 atom stereocenters. The van der Waals surface area contributed by atoms with Crippen LogP contribution in [0.3, 0.4) is 0 Å². The van der Waals surface area contributed by atoms with Crippen LogP contribution in [0.15, 0.2) is 60.2 Å².